The molecule has 0 aromatic heterocycles. The Morgan fingerprint density at radius 3 is 2.18 bits per heavy atom. The van der Waals surface area contributed by atoms with Crippen LogP contribution in [0.1, 0.15) is 27.7 Å². The van der Waals surface area contributed by atoms with Gasteiger partial charge in [0.1, 0.15) is 0 Å². The summed E-state index contributed by atoms with van der Waals surface area (Å²) in [6, 6.07) is 2.24. The van der Waals surface area contributed by atoms with E-state index in [0.29, 0.717) is 11.2 Å². The van der Waals surface area contributed by atoms with Crippen molar-refractivity contribution in [3.8, 4) is 6.07 Å². The van der Waals surface area contributed by atoms with E-state index in [1.165, 1.54) is 0 Å². The average Bonchev–Trinajstić information content (AvgIpc) is 1.99. The first-order chi connectivity index (χ1) is 5.07. The summed E-state index contributed by atoms with van der Waals surface area (Å²) in [6.45, 7) is 8.63. The third kappa shape index (κ3) is 5.15. The van der Waals surface area contributed by atoms with Gasteiger partial charge in [-0.05, 0) is 12.8 Å². The fourth-order valence-electron chi connectivity index (χ4n) is 0.526. The van der Waals surface area contributed by atoms with Crippen molar-refractivity contribution in [1.82, 2.24) is 0 Å². The van der Waals surface area contributed by atoms with Crippen LogP contribution in [0.5, 0.6) is 0 Å². The minimum Gasteiger partial charge on any atom is -0.198 e. The molecule has 0 rings (SSSR count). The minimum atomic E-state index is 0.196. The lowest BCUT2D eigenvalue weighted by Crippen LogP contribution is -2.08. The second-order valence-corrected chi connectivity index (χ2v) is 4.72. The number of nitriles is 1. The zero-order chi connectivity index (χ0) is 8.85. The van der Waals surface area contributed by atoms with Crippen LogP contribution in [0.4, 0.5) is 0 Å². The monoisotopic (exact) mass is 171 g/mol. The number of thioether (sulfide) groups is 1. The maximum Gasteiger partial charge on any atom is 0.0661 e. The lowest BCUT2D eigenvalue weighted by atomic mass is 10.2. The van der Waals surface area contributed by atoms with Crippen molar-refractivity contribution in [2.45, 2.75) is 32.9 Å². The molecule has 0 N–H and O–H groups in total. The molecular formula is C9H17NS. The summed E-state index contributed by atoms with van der Waals surface area (Å²) in [6.07, 6.45) is 0. The molecule has 64 valence electrons. The van der Waals surface area contributed by atoms with Gasteiger partial charge in [0.2, 0.25) is 0 Å². The quantitative estimate of drug-likeness (QED) is 0.649. The van der Waals surface area contributed by atoms with Crippen molar-refractivity contribution in [1.29, 1.82) is 5.26 Å². The highest BCUT2D eigenvalue weighted by Crippen LogP contribution is 2.20. The summed E-state index contributed by atoms with van der Waals surface area (Å²) in [4.78, 5) is 0. The number of hydrogen-bond acceptors (Lipinski definition) is 2. The van der Waals surface area contributed by atoms with Gasteiger partial charge in [0, 0.05) is 11.0 Å². The molecule has 2 heteroatoms. The number of nitrogens with zero attached hydrogens (tertiary/aromatic N) is 1. The normalized spacial score (nSPS) is 16.0. The Hall–Kier alpha value is -0.160. The Morgan fingerprint density at radius 1 is 1.27 bits per heavy atom. The topological polar surface area (TPSA) is 23.8 Å². The molecule has 0 aromatic carbocycles. The zero-order valence-corrected chi connectivity index (χ0v) is 8.61. The standard InChI is InChI=1S/C9H17NS/c1-7(2)9(4)11-6-8(3)5-10/h7-9H,6H2,1-4H3. The average molecular weight is 171 g/mol. The van der Waals surface area contributed by atoms with Crippen molar-refractivity contribution in [3.05, 3.63) is 0 Å². The molecule has 2 unspecified atom stereocenters. The summed E-state index contributed by atoms with van der Waals surface area (Å²) in [5.74, 6) is 1.88. The molecule has 11 heavy (non-hydrogen) atoms. The van der Waals surface area contributed by atoms with Gasteiger partial charge in [0.15, 0.2) is 0 Å². The molecule has 0 fully saturated rings. The Kier molecular flexibility index (Phi) is 5.41. The van der Waals surface area contributed by atoms with E-state index in [-0.39, 0.29) is 5.92 Å². The Balaban J connectivity index is 3.47. The second-order valence-electron chi connectivity index (χ2n) is 3.31. The van der Waals surface area contributed by atoms with Crippen LogP contribution in [0.3, 0.4) is 0 Å². The minimum absolute atomic E-state index is 0.196. The van der Waals surface area contributed by atoms with Crippen molar-refractivity contribution in [3.63, 3.8) is 0 Å². The zero-order valence-electron chi connectivity index (χ0n) is 7.79. The van der Waals surface area contributed by atoms with Crippen LogP contribution in [0.25, 0.3) is 0 Å². The van der Waals surface area contributed by atoms with E-state index in [1.54, 1.807) is 0 Å². The third-order valence-corrected chi connectivity index (χ3v) is 3.53. The highest BCUT2D eigenvalue weighted by atomic mass is 32.2. The number of hydrogen-bond donors (Lipinski definition) is 0. The van der Waals surface area contributed by atoms with E-state index in [4.69, 9.17) is 5.26 Å². The molecule has 0 radical (unpaired) electrons. The lowest BCUT2D eigenvalue weighted by Gasteiger charge is -2.14. The van der Waals surface area contributed by atoms with Crippen LogP contribution in [-0.4, -0.2) is 11.0 Å². The van der Waals surface area contributed by atoms with Crippen molar-refractivity contribution < 1.29 is 0 Å². The summed E-state index contributed by atoms with van der Waals surface area (Å²) < 4.78 is 0. The van der Waals surface area contributed by atoms with Crippen LogP contribution >= 0.6 is 11.8 Å². The van der Waals surface area contributed by atoms with Gasteiger partial charge in [-0.2, -0.15) is 17.0 Å². The molecule has 0 saturated carbocycles. The molecule has 0 bridgehead atoms. The molecule has 0 saturated heterocycles. The molecule has 1 nitrogen and oxygen atoms in total. The molecule has 0 amide bonds. The Morgan fingerprint density at radius 2 is 1.82 bits per heavy atom. The van der Waals surface area contributed by atoms with E-state index >= 15 is 0 Å². The van der Waals surface area contributed by atoms with Gasteiger partial charge in [-0.25, -0.2) is 0 Å². The molecule has 0 aromatic rings. The first-order valence-corrected chi connectivity index (χ1v) is 5.14. The van der Waals surface area contributed by atoms with Crippen molar-refractivity contribution in [2.75, 3.05) is 5.75 Å². The number of rotatable bonds is 4. The van der Waals surface area contributed by atoms with Gasteiger partial charge < -0.3 is 0 Å². The van der Waals surface area contributed by atoms with Crippen LogP contribution in [0, 0.1) is 23.2 Å². The highest BCUT2D eigenvalue weighted by molar-refractivity contribution is 7.99. The highest BCUT2D eigenvalue weighted by Gasteiger charge is 2.08. The van der Waals surface area contributed by atoms with E-state index in [1.807, 2.05) is 18.7 Å². The first kappa shape index (κ1) is 10.8. The van der Waals surface area contributed by atoms with E-state index in [0.717, 1.165) is 5.75 Å². The van der Waals surface area contributed by atoms with Gasteiger partial charge in [0.25, 0.3) is 0 Å². The fourth-order valence-corrected chi connectivity index (χ4v) is 1.58. The van der Waals surface area contributed by atoms with Gasteiger partial charge in [-0.3, -0.25) is 0 Å². The molecule has 2 atom stereocenters. The van der Waals surface area contributed by atoms with Gasteiger partial charge in [0.05, 0.1) is 12.0 Å². The molecule has 0 heterocycles. The summed E-state index contributed by atoms with van der Waals surface area (Å²) in [7, 11) is 0. The van der Waals surface area contributed by atoms with Crippen LogP contribution < -0.4 is 0 Å². The summed E-state index contributed by atoms with van der Waals surface area (Å²) in [5.41, 5.74) is 0. The third-order valence-electron chi connectivity index (χ3n) is 1.77. The molecule has 0 aliphatic rings. The van der Waals surface area contributed by atoms with E-state index < -0.39 is 0 Å². The summed E-state index contributed by atoms with van der Waals surface area (Å²) >= 11 is 1.89. The molecule has 0 aliphatic heterocycles. The largest absolute Gasteiger partial charge is 0.198 e. The van der Waals surface area contributed by atoms with Gasteiger partial charge >= 0.3 is 0 Å². The fraction of sp³-hybridized carbons (Fsp3) is 0.889. The maximum atomic E-state index is 8.52. The van der Waals surface area contributed by atoms with E-state index in [2.05, 4.69) is 26.8 Å². The molecular weight excluding hydrogens is 154 g/mol. The van der Waals surface area contributed by atoms with Gasteiger partial charge in [-0.15, -0.1) is 0 Å². The first-order valence-electron chi connectivity index (χ1n) is 4.09. The summed E-state index contributed by atoms with van der Waals surface area (Å²) in [5, 5.41) is 9.19. The predicted octanol–water partition coefficient (Wildman–Crippen LogP) is 2.92. The maximum absolute atomic E-state index is 8.52. The van der Waals surface area contributed by atoms with Crippen LogP contribution in [0.15, 0.2) is 0 Å². The van der Waals surface area contributed by atoms with Crippen molar-refractivity contribution >= 4 is 11.8 Å². The lowest BCUT2D eigenvalue weighted by molar-refractivity contribution is 0.640. The van der Waals surface area contributed by atoms with Crippen LogP contribution in [0.2, 0.25) is 0 Å². The van der Waals surface area contributed by atoms with E-state index in [9.17, 15) is 0 Å². The molecule has 0 spiro atoms. The van der Waals surface area contributed by atoms with Gasteiger partial charge in [-0.1, -0.05) is 20.8 Å². The predicted molar refractivity (Wildman–Crippen MR) is 51.5 cm³/mol. The second kappa shape index (κ2) is 5.49. The smallest absolute Gasteiger partial charge is 0.0661 e. The Bertz CT molecular complexity index is 137. The SMILES string of the molecule is CC(C#N)CSC(C)C(C)C. The van der Waals surface area contributed by atoms with Crippen LogP contribution in [-0.2, 0) is 0 Å². The Labute approximate surface area is 74.2 Å². The van der Waals surface area contributed by atoms with Crippen molar-refractivity contribution in [2.24, 2.45) is 11.8 Å². The molecule has 0 aliphatic carbocycles.